The molecule has 0 saturated heterocycles. The van der Waals surface area contributed by atoms with Crippen molar-refractivity contribution in [1.29, 1.82) is 0 Å². The smallest absolute Gasteiger partial charge is 0.303 e. The van der Waals surface area contributed by atoms with Gasteiger partial charge in [-0.2, -0.15) is 0 Å². The van der Waals surface area contributed by atoms with Crippen LogP contribution in [0.4, 0.5) is 5.69 Å². The lowest BCUT2D eigenvalue weighted by Crippen LogP contribution is -2.29. The van der Waals surface area contributed by atoms with Gasteiger partial charge in [0.05, 0.1) is 30.4 Å². The second-order valence-electron chi connectivity index (χ2n) is 7.98. The summed E-state index contributed by atoms with van der Waals surface area (Å²) in [4.78, 5) is 22.7. The molecule has 2 rings (SSSR count). The average Bonchev–Trinajstić information content (AvgIpc) is 2.80. The van der Waals surface area contributed by atoms with Crippen LogP contribution in [0, 0.1) is 6.92 Å². The van der Waals surface area contributed by atoms with Gasteiger partial charge in [0.15, 0.2) is 6.10 Å². The zero-order valence-corrected chi connectivity index (χ0v) is 22.9. The van der Waals surface area contributed by atoms with Gasteiger partial charge in [-0.25, -0.2) is 8.42 Å². The van der Waals surface area contributed by atoms with Crippen molar-refractivity contribution in [2.45, 2.75) is 38.2 Å². The van der Waals surface area contributed by atoms with E-state index in [2.05, 4.69) is 17.8 Å². The van der Waals surface area contributed by atoms with Gasteiger partial charge in [0.1, 0.15) is 28.2 Å². The Kier molecular flexibility index (Phi) is 14.1. The molecule has 200 valence electrons. The molecule has 1 unspecified atom stereocenters. The molecule has 9 nitrogen and oxygen atoms in total. The number of aryl methyl sites for hydroxylation is 1. The van der Waals surface area contributed by atoms with Crippen LogP contribution in [-0.4, -0.2) is 69.0 Å². The van der Waals surface area contributed by atoms with Gasteiger partial charge in [-0.15, -0.1) is 0 Å². The van der Waals surface area contributed by atoms with Crippen molar-refractivity contribution in [2.24, 2.45) is 0 Å². The van der Waals surface area contributed by atoms with E-state index in [1.165, 1.54) is 19.1 Å². The molecule has 0 bridgehead atoms. The van der Waals surface area contributed by atoms with Crippen molar-refractivity contribution in [3.8, 4) is 5.75 Å². The highest BCUT2D eigenvalue weighted by atomic mass is 32.2. The van der Waals surface area contributed by atoms with Gasteiger partial charge >= 0.3 is 5.97 Å². The van der Waals surface area contributed by atoms with Crippen molar-refractivity contribution in [2.75, 3.05) is 43.4 Å². The summed E-state index contributed by atoms with van der Waals surface area (Å²) in [5, 5.41) is 2.86. The van der Waals surface area contributed by atoms with Gasteiger partial charge < -0.3 is 24.1 Å². The number of hydrogen-bond acceptors (Lipinski definition) is 8. The van der Waals surface area contributed by atoms with Crippen LogP contribution < -0.4 is 10.1 Å². The maximum Gasteiger partial charge on any atom is 0.303 e. The Bertz CT molecular complexity index is 1040. The summed E-state index contributed by atoms with van der Waals surface area (Å²) in [5.41, 5.74) is 1.66. The lowest BCUT2D eigenvalue weighted by Gasteiger charge is -2.17. The Hall–Kier alpha value is -2.60. The summed E-state index contributed by atoms with van der Waals surface area (Å²) in [6.07, 6.45) is 4.31. The summed E-state index contributed by atoms with van der Waals surface area (Å²) in [6, 6.07) is 12.9. The van der Waals surface area contributed by atoms with E-state index in [-0.39, 0.29) is 34.3 Å². The van der Waals surface area contributed by atoms with Gasteiger partial charge in [-0.3, -0.25) is 9.59 Å². The van der Waals surface area contributed by atoms with Crippen LogP contribution in [0.1, 0.15) is 25.8 Å². The standard InChI is InChI=1S/C18H27NO5S.C7H8O3S/c1-5-22-12-17(24-14(2)20)13-23-16-8-6-15(7-9-16)19-18(21)10-11-25(3)4;1-6-2-4-7(5-3-6)11(8,9)10/h6-9,17H,5,10-13H2,1-4H3;2-5H,1H3,(H,8,9,10). The van der Waals surface area contributed by atoms with Crippen molar-refractivity contribution >= 4 is 38.6 Å². The number of anilines is 1. The molecular weight excluding hydrogens is 506 g/mol. The van der Waals surface area contributed by atoms with Crippen LogP contribution in [0.2, 0.25) is 0 Å². The maximum atomic E-state index is 11.8. The first kappa shape index (κ1) is 31.4. The van der Waals surface area contributed by atoms with Crippen LogP contribution in [0.15, 0.2) is 53.4 Å². The van der Waals surface area contributed by atoms with Crippen LogP contribution in [0.3, 0.4) is 0 Å². The molecule has 0 radical (unpaired) electrons. The lowest BCUT2D eigenvalue weighted by molar-refractivity contribution is -0.151. The van der Waals surface area contributed by atoms with Crippen LogP contribution >= 0.6 is 0 Å². The van der Waals surface area contributed by atoms with E-state index in [1.807, 2.05) is 13.8 Å². The molecule has 0 aliphatic carbocycles. The summed E-state index contributed by atoms with van der Waals surface area (Å²) < 4.78 is 47.2. The number of carbonyl (C=O) groups excluding carboxylic acids is 2. The highest BCUT2D eigenvalue weighted by Gasteiger charge is 2.14. The third-order valence-corrected chi connectivity index (χ3v) is 6.33. The molecule has 2 aromatic rings. The molecule has 0 aliphatic heterocycles. The number of rotatable bonds is 12. The highest BCUT2D eigenvalue weighted by molar-refractivity contribution is 7.95. The minimum Gasteiger partial charge on any atom is -0.744 e. The molecule has 1 atom stereocenters. The van der Waals surface area contributed by atoms with Gasteiger partial charge in [-0.1, -0.05) is 17.7 Å². The summed E-state index contributed by atoms with van der Waals surface area (Å²) in [5.74, 6) is 1.18. The largest absolute Gasteiger partial charge is 0.744 e. The molecule has 0 saturated carbocycles. The third-order valence-electron chi connectivity index (χ3n) is 4.46. The third kappa shape index (κ3) is 14.1. The van der Waals surface area contributed by atoms with Crippen molar-refractivity contribution in [1.82, 2.24) is 0 Å². The van der Waals surface area contributed by atoms with E-state index in [9.17, 15) is 22.6 Å². The number of esters is 1. The van der Waals surface area contributed by atoms with Crippen molar-refractivity contribution in [3.63, 3.8) is 0 Å². The van der Waals surface area contributed by atoms with E-state index < -0.39 is 16.2 Å². The molecule has 0 fully saturated rings. The zero-order chi connectivity index (χ0) is 27.1. The molecular formula is C25H35NO8S2. The van der Waals surface area contributed by atoms with Gasteiger partial charge in [0.25, 0.3) is 0 Å². The van der Waals surface area contributed by atoms with E-state index in [4.69, 9.17) is 14.2 Å². The first-order valence-corrected chi connectivity index (χ1v) is 14.9. The van der Waals surface area contributed by atoms with Crippen LogP contribution in [0.25, 0.3) is 0 Å². The fourth-order valence-electron chi connectivity index (χ4n) is 2.65. The highest BCUT2D eigenvalue weighted by Crippen LogP contribution is 2.16. The molecule has 36 heavy (non-hydrogen) atoms. The van der Waals surface area contributed by atoms with E-state index in [1.54, 1.807) is 36.4 Å². The summed E-state index contributed by atoms with van der Waals surface area (Å²) in [6.45, 7) is 6.10. The Balaban J connectivity index is 0.000000488. The summed E-state index contributed by atoms with van der Waals surface area (Å²) >= 11 is 0. The molecule has 0 spiro atoms. The first-order valence-electron chi connectivity index (χ1n) is 11.2. The molecule has 1 N–H and O–H groups in total. The topological polar surface area (TPSA) is 131 Å². The number of hydrogen-bond donors (Lipinski definition) is 1. The number of nitrogens with one attached hydrogen (secondary N) is 1. The Morgan fingerprint density at radius 3 is 2.14 bits per heavy atom. The average molecular weight is 542 g/mol. The lowest BCUT2D eigenvalue weighted by atomic mass is 10.2. The molecule has 1 amide bonds. The minimum atomic E-state index is -4.27. The van der Waals surface area contributed by atoms with Gasteiger partial charge in [0.2, 0.25) is 5.91 Å². The maximum absolute atomic E-state index is 11.8. The van der Waals surface area contributed by atoms with E-state index in [0.717, 1.165) is 17.0 Å². The molecule has 0 heterocycles. The Labute approximate surface area is 216 Å². The number of amides is 1. The predicted molar refractivity (Wildman–Crippen MR) is 140 cm³/mol. The van der Waals surface area contributed by atoms with Crippen LogP contribution in [-0.2, 0) is 40.1 Å². The number of benzene rings is 2. The van der Waals surface area contributed by atoms with Crippen molar-refractivity contribution < 1.29 is 36.8 Å². The second-order valence-corrected chi connectivity index (χ2v) is 11.7. The fourth-order valence-corrected chi connectivity index (χ4v) is 3.71. The van der Waals surface area contributed by atoms with Crippen molar-refractivity contribution in [3.05, 3.63) is 54.1 Å². The normalized spacial score (nSPS) is 11.8. The number of carbonyl (C=O) groups is 2. The monoisotopic (exact) mass is 541 g/mol. The molecule has 2 aromatic carbocycles. The Morgan fingerprint density at radius 2 is 1.64 bits per heavy atom. The minimum absolute atomic E-state index is 0.0153. The second kappa shape index (κ2) is 16.2. The zero-order valence-electron chi connectivity index (χ0n) is 21.3. The van der Waals surface area contributed by atoms with Gasteiger partial charge in [0, 0.05) is 19.2 Å². The summed E-state index contributed by atoms with van der Waals surface area (Å²) in [7, 11) is -4.01. The fraction of sp³-hybridized carbons (Fsp3) is 0.440. The number of ether oxygens (including phenoxy) is 3. The molecule has 0 aliphatic rings. The Morgan fingerprint density at radius 1 is 1.03 bits per heavy atom. The quantitative estimate of drug-likeness (QED) is 0.246. The van der Waals surface area contributed by atoms with Crippen LogP contribution in [0.5, 0.6) is 5.75 Å². The first-order chi connectivity index (χ1) is 16.9. The van der Waals surface area contributed by atoms with E-state index >= 15 is 0 Å². The SMILES string of the molecule is CCOCC(COc1ccc(NC(=O)CC[S+](C)C)cc1)OC(C)=O.Cc1ccc(S(=O)(=O)[O-])cc1. The predicted octanol–water partition coefficient (Wildman–Crippen LogP) is 3.14. The molecule has 0 aromatic heterocycles. The van der Waals surface area contributed by atoms with Gasteiger partial charge in [-0.05, 0) is 61.1 Å². The molecule has 11 heteroatoms. The van der Waals surface area contributed by atoms with E-state index in [0.29, 0.717) is 25.4 Å².